The fourth-order valence-corrected chi connectivity index (χ4v) is 2.10. The van der Waals surface area contributed by atoms with Crippen LogP contribution in [0, 0.1) is 0 Å². The number of benzene rings is 1. The van der Waals surface area contributed by atoms with Crippen LogP contribution >= 0.6 is 0 Å². The maximum atomic E-state index is 11.7. The lowest BCUT2D eigenvalue weighted by molar-refractivity contribution is 0.0469. The van der Waals surface area contributed by atoms with Crippen molar-refractivity contribution in [1.82, 2.24) is 10.6 Å². The van der Waals surface area contributed by atoms with Crippen molar-refractivity contribution in [2.45, 2.75) is 51.3 Å². The van der Waals surface area contributed by atoms with E-state index in [4.69, 9.17) is 9.47 Å². The number of aliphatic hydroxyl groups is 1. The third-order valence-electron chi connectivity index (χ3n) is 3.17. The zero-order valence-electron chi connectivity index (χ0n) is 13.2. The monoisotopic (exact) mass is 308 g/mol. The van der Waals surface area contributed by atoms with Crippen molar-refractivity contribution in [3.05, 3.63) is 35.9 Å². The highest BCUT2D eigenvalue weighted by Gasteiger charge is 2.45. The summed E-state index contributed by atoms with van der Waals surface area (Å²) in [6.07, 6.45) is -0.975. The molecule has 1 aromatic carbocycles. The predicted molar refractivity (Wildman–Crippen MR) is 82.2 cm³/mol. The summed E-state index contributed by atoms with van der Waals surface area (Å²) in [7, 11) is 0. The van der Waals surface area contributed by atoms with Crippen molar-refractivity contribution in [2.75, 3.05) is 6.61 Å². The van der Waals surface area contributed by atoms with E-state index >= 15 is 0 Å². The van der Waals surface area contributed by atoms with E-state index in [2.05, 4.69) is 10.6 Å². The highest BCUT2D eigenvalue weighted by atomic mass is 16.6. The Balaban J connectivity index is 1.75. The third kappa shape index (κ3) is 5.29. The third-order valence-corrected chi connectivity index (χ3v) is 3.17. The van der Waals surface area contributed by atoms with Gasteiger partial charge in [0.25, 0.3) is 0 Å². The van der Waals surface area contributed by atoms with E-state index in [-0.39, 0.29) is 18.9 Å². The standard InChI is InChI=1S/C16H24N2O4/c1-16(2,3)22-15(20)18-12(10-19)13-14(21-13)17-9-11-7-5-4-6-8-11/h4-8,12-14,17,19H,9-10H2,1-3H3,(H,18,20)/t12-,13?,14?/m0/s1. The van der Waals surface area contributed by atoms with Crippen molar-refractivity contribution in [3.8, 4) is 0 Å². The molecule has 1 heterocycles. The summed E-state index contributed by atoms with van der Waals surface area (Å²) in [5.74, 6) is 0. The lowest BCUT2D eigenvalue weighted by Crippen LogP contribution is -2.45. The second kappa shape index (κ2) is 7.09. The summed E-state index contributed by atoms with van der Waals surface area (Å²) in [6, 6.07) is 9.47. The van der Waals surface area contributed by atoms with Crippen molar-refractivity contribution >= 4 is 6.09 Å². The molecule has 3 N–H and O–H groups in total. The Labute approximate surface area is 130 Å². The first-order chi connectivity index (χ1) is 10.4. The first-order valence-corrected chi connectivity index (χ1v) is 7.42. The molecule has 22 heavy (non-hydrogen) atoms. The summed E-state index contributed by atoms with van der Waals surface area (Å²) in [4.78, 5) is 11.7. The maximum Gasteiger partial charge on any atom is 0.408 e. The number of aliphatic hydroxyl groups excluding tert-OH is 1. The van der Waals surface area contributed by atoms with E-state index in [0.717, 1.165) is 5.56 Å². The molecule has 1 fully saturated rings. The topological polar surface area (TPSA) is 83.1 Å². The molecule has 1 saturated heterocycles. The number of ether oxygens (including phenoxy) is 2. The van der Waals surface area contributed by atoms with Crippen molar-refractivity contribution in [1.29, 1.82) is 0 Å². The van der Waals surface area contributed by atoms with Crippen LogP contribution in [0.5, 0.6) is 0 Å². The zero-order chi connectivity index (χ0) is 16.2. The molecular weight excluding hydrogens is 284 g/mol. The molecule has 0 spiro atoms. The zero-order valence-corrected chi connectivity index (χ0v) is 13.2. The van der Waals surface area contributed by atoms with Crippen LogP contribution in [0.1, 0.15) is 26.3 Å². The highest BCUT2D eigenvalue weighted by Crippen LogP contribution is 2.23. The number of hydrogen-bond acceptors (Lipinski definition) is 5. The Morgan fingerprint density at radius 1 is 1.36 bits per heavy atom. The molecule has 1 aromatic rings. The summed E-state index contributed by atoms with van der Waals surface area (Å²) in [5.41, 5.74) is 0.580. The van der Waals surface area contributed by atoms with E-state index in [1.165, 1.54) is 0 Å². The average molecular weight is 308 g/mol. The van der Waals surface area contributed by atoms with Gasteiger partial charge in [-0.3, -0.25) is 5.32 Å². The summed E-state index contributed by atoms with van der Waals surface area (Å²) in [6.45, 7) is 5.84. The van der Waals surface area contributed by atoms with Crippen LogP contribution < -0.4 is 10.6 Å². The van der Waals surface area contributed by atoms with Crippen LogP contribution in [-0.2, 0) is 16.0 Å². The molecule has 1 aliphatic rings. The molecule has 0 bridgehead atoms. The molecule has 1 amide bonds. The van der Waals surface area contributed by atoms with E-state index in [1.54, 1.807) is 20.8 Å². The summed E-state index contributed by atoms with van der Waals surface area (Å²) >= 11 is 0. The molecule has 3 atom stereocenters. The van der Waals surface area contributed by atoms with Crippen LogP contribution in [0.25, 0.3) is 0 Å². The summed E-state index contributed by atoms with van der Waals surface area (Å²) < 4.78 is 10.7. The number of amides is 1. The maximum absolute atomic E-state index is 11.7. The Hall–Kier alpha value is -1.63. The van der Waals surface area contributed by atoms with Gasteiger partial charge in [-0.15, -0.1) is 0 Å². The number of epoxide rings is 1. The molecule has 0 saturated carbocycles. The fraction of sp³-hybridized carbons (Fsp3) is 0.562. The smallest absolute Gasteiger partial charge is 0.408 e. The average Bonchev–Trinajstić information content (AvgIpc) is 3.21. The minimum Gasteiger partial charge on any atom is -0.444 e. The lowest BCUT2D eigenvalue weighted by Gasteiger charge is -2.22. The quantitative estimate of drug-likeness (QED) is 0.692. The van der Waals surface area contributed by atoms with Gasteiger partial charge in [-0.1, -0.05) is 30.3 Å². The van der Waals surface area contributed by atoms with Gasteiger partial charge >= 0.3 is 6.09 Å². The van der Waals surface area contributed by atoms with Gasteiger partial charge in [0.1, 0.15) is 17.9 Å². The molecule has 2 rings (SSSR count). The Kier molecular flexibility index (Phi) is 5.39. The number of carbonyl (C=O) groups is 1. The minimum atomic E-state index is -0.570. The van der Waals surface area contributed by atoms with Crippen LogP contribution in [0.2, 0.25) is 0 Å². The molecular formula is C16H24N2O4. The number of rotatable bonds is 6. The van der Waals surface area contributed by atoms with Gasteiger partial charge in [-0.2, -0.15) is 0 Å². The van der Waals surface area contributed by atoms with E-state index in [1.807, 2.05) is 30.3 Å². The van der Waals surface area contributed by atoms with E-state index < -0.39 is 17.7 Å². The van der Waals surface area contributed by atoms with Gasteiger partial charge in [0.15, 0.2) is 0 Å². The SMILES string of the molecule is CC(C)(C)OC(=O)N[C@@H](CO)C1OC1NCc1ccccc1. The molecule has 122 valence electrons. The van der Waals surface area contributed by atoms with Gasteiger partial charge < -0.3 is 19.9 Å². The molecule has 2 unspecified atom stereocenters. The van der Waals surface area contributed by atoms with Crippen LogP contribution in [-0.4, -0.2) is 41.8 Å². The second-order valence-electron chi connectivity index (χ2n) is 6.32. The predicted octanol–water partition coefficient (Wildman–Crippen LogP) is 1.39. The van der Waals surface area contributed by atoms with Crippen LogP contribution in [0.3, 0.4) is 0 Å². The van der Waals surface area contributed by atoms with Crippen LogP contribution in [0.15, 0.2) is 30.3 Å². The second-order valence-corrected chi connectivity index (χ2v) is 6.32. The number of alkyl carbamates (subject to hydrolysis) is 1. The van der Waals surface area contributed by atoms with Crippen molar-refractivity contribution < 1.29 is 19.4 Å². The Morgan fingerprint density at radius 3 is 2.64 bits per heavy atom. The van der Waals surface area contributed by atoms with Crippen molar-refractivity contribution in [3.63, 3.8) is 0 Å². The molecule has 6 heteroatoms. The van der Waals surface area contributed by atoms with Gasteiger partial charge in [0, 0.05) is 6.54 Å². The minimum absolute atomic E-state index is 0.174. The first kappa shape index (κ1) is 16.7. The van der Waals surface area contributed by atoms with Crippen LogP contribution in [0.4, 0.5) is 4.79 Å². The Morgan fingerprint density at radius 2 is 2.05 bits per heavy atom. The molecule has 0 radical (unpaired) electrons. The number of hydrogen-bond donors (Lipinski definition) is 3. The summed E-state index contributed by atoms with van der Waals surface area (Å²) in [5, 5.41) is 15.3. The highest BCUT2D eigenvalue weighted by molar-refractivity contribution is 5.68. The first-order valence-electron chi connectivity index (χ1n) is 7.42. The molecule has 0 aliphatic carbocycles. The largest absolute Gasteiger partial charge is 0.444 e. The van der Waals surface area contributed by atoms with Gasteiger partial charge in [-0.05, 0) is 26.3 Å². The van der Waals surface area contributed by atoms with Gasteiger partial charge in [0.2, 0.25) is 0 Å². The number of carbonyl (C=O) groups excluding carboxylic acids is 1. The molecule has 1 aliphatic heterocycles. The number of nitrogens with one attached hydrogen (secondary N) is 2. The lowest BCUT2D eigenvalue weighted by atomic mass is 10.2. The van der Waals surface area contributed by atoms with E-state index in [9.17, 15) is 9.90 Å². The van der Waals surface area contributed by atoms with Gasteiger partial charge in [-0.25, -0.2) is 4.79 Å². The molecule has 0 aromatic heterocycles. The normalized spacial score (nSPS) is 22.0. The Bertz CT molecular complexity index is 487. The van der Waals surface area contributed by atoms with Gasteiger partial charge in [0.05, 0.1) is 12.6 Å². The van der Waals surface area contributed by atoms with E-state index in [0.29, 0.717) is 6.54 Å². The van der Waals surface area contributed by atoms with Crippen molar-refractivity contribution in [2.24, 2.45) is 0 Å². The molecule has 6 nitrogen and oxygen atoms in total. The fourth-order valence-electron chi connectivity index (χ4n) is 2.10.